The predicted octanol–water partition coefficient (Wildman–Crippen LogP) is 1.30. The van der Waals surface area contributed by atoms with E-state index >= 15 is 0 Å². The van der Waals surface area contributed by atoms with Crippen LogP contribution in [0, 0.1) is 11.8 Å². The number of cyclic esters (lactones) is 1. The number of hydrogen-bond donors (Lipinski definition) is 0. The molecule has 0 saturated carbocycles. The molecule has 0 aromatic carbocycles. The van der Waals surface area contributed by atoms with Crippen LogP contribution in [0.3, 0.4) is 0 Å². The van der Waals surface area contributed by atoms with Crippen LogP contribution in [0.4, 0.5) is 0 Å². The number of hydrogen-bond acceptors (Lipinski definition) is 4. The first-order chi connectivity index (χ1) is 6.84. The van der Waals surface area contributed by atoms with Crippen molar-refractivity contribution in [2.75, 3.05) is 7.11 Å². The summed E-state index contributed by atoms with van der Waals surface area (Å²) in [4.78, 5) is 23.0. The molecule has 0 bridgehead atoms. The van der Waals surface area contributed by atoms with Gasteiger partial charge in [0.25, 0.3) is 0 Å². The van der Waals surface area contributed by atoms with Gasteiger partial charge in [-0.1, -0.05) is 20.4 Å². The summed E-state index contributed by atoms with van der Waals surface area (Å²) in [7, 11) is 1.28. The largest absolute Gasteiger partial charge is 0.466 e. The molecule has 15 heavy (non-hydrogen) atoms. The van der Waals surface area contributed by atoms with E-state index in [1.165, 1.54) is 7.11 Å². The number of carbonyl (C=O) groups excluding carboxylic acids is 2. The van der Waals surface area contributed by atoms with Crippen molar-refractivity contribution < 1.29 is 19.1 Å². The zero-order chi connectivity index (χ0) is 11.8. The molecule has 0 spiro atoms. The van der Waals surface area contributed by atoms with E-state index in [9.17, 15) is 9.59 Å². The molecule has 84 valence electrons. The summed E-state index contributed by atoms with van der Waals surface area (Å²) in [5, 5.41) is 0. The second-order valence-corrected chi connectivity index (χ2v) is 4.09. The zero-order valence-corrected chi connectivity index (χ0v) is 9.49. The fourth-order valence-corrected chi connectivity index (χ4v) is 1.75. The van der Waals surface area contributed by atoms with Crippen LogP contribution < -0.4 is 0 Å². The lowest BCUT2D eigenvalue weighted by Gasteiger charge is -2.40. The minimum atomic E-state index is -1.20. The summed E-state index contributed by atoms with van der Waals surface area (Å²) >= 11 is 0. The molecule has 3 atom stereocenters. The maximum atomic E-state index is 11.6. The fraction of sp³-hybridized carbons (Fsp3) is 0.636. The second-order valence-electron chi connectivity index (χ2n) is 4.09. The fourth-order valence-electron chi connectivity index (χ4n) is 1.75. The average Bonchev–Trinajstić information content (AvgIpc) is 2.22. The van der Waals surface area contributed by atoms with Crippen LogP contribution in [0.15, 0.2) is 12.2 Å². The van der Waals surface area contributed by atoms with E-state index in [4.69, 9.17) is 4.74 Å². The van der Waals surface area contributed by atoms with E-state index in [0.29, 0.717) is 5.57 Å². The van der Waals surface area contributed by atoms with Gasteiger partial charge in [-0.25, -0.2) is 9.59 Å². The van der Waals surface area contributed by atoms with Gasteiger partial charge in [0.05, 0.1) is 7.11 Å². The van der Waals surface area contributed by atoms with Crippen molar-refractivity contribution >= 4 is 11.9 Å². The molecule has 0 aromatic heterocycles. The molecule has 4 heteroatoms. The van der Waals surface area contributed by atoms with Gasteiger partial charge >= 0.3 is 11.9 Å². The first-order valence-electron chi connectivity index (χ1n) is 4.85. The number of carbonyl (C=O) groups is 2. The van der Waals surface area contributed by atoms with Gasteiger partial charge in [0.2, 0.25) is 5.60 Å². The number of esters is 2. The summed E-state index contributed by atoms with van der Waals surface area (Å²) < 4.78 is 9.76. The number of rotatable bonds is 1. The van der Waals surface area contributed by atoms with Crippen LogP contribution in [-0.2, 0) is 19.1 Å². The maximum Gasteiger partial charge on any atom is 0.350 e. The summed E-state index contributed by atoms with van der Waals surface area (Å²) in [6.45, 7) is 8.93. The highest BCUT2D eigenvalue weighted by molar-refractivity contribution is 5.93. The van der Waals surface area contributed by atoms with Gasteiger partial charge in [-0.05, 0) is 12.8 Å². The van der Waals surface area contributed by atoms with Crippen LogP contribution in [0.2, 0.25) is 0 Å². The number of ether oxygens (including phenoxy) is 2. The highest BCUT2D eigenvalue weighted by Gasteiger charge is 2.51. The Kier molecular flexibility index (Phi) is 2.88. The Labute approximate surface area is 89.2 Å². The van der Waals surface area contributed by atoms with E-state index < -0.39 is 17.5 Å². The van der Waals surface area contributed by atoms with E-state index in [-0.39, 0.29) is 11.8 Å². The van der Waals surface area contributed by atoms with Crippen molar-refractivity contribution in [1.82, 2.24) is 0 Å². The second kappa shape index (κ2) is 3.68. The van der Waals surface area contributed by atoms with Crippen molar-refractivity contribution in [3.8, 4) is 0 Å². The summed E-state index contributed by atoms with van der Waals surface area (Å²) in [5.41, 5.74) is -0.796. The zero-order valence-electron chi connectivity index (χ0n) is 9.49. The molecule has 4 nitrogen and oxygen atoms in total. The minimum absolute atomic E-state index is 0.0876. The highest BCUT2D eigenvalue weighted by atomic mass is 16.6. The molecule has 1 saturated heterocycles. The molecule has 0 radical (unpaired) electrons. The Hall–Kier alpha value is -1.32. The first-order valence-corrected chi connectivity index (χ1v) is 4.85. The lowest BCUT2D eigenvalue weighted by molar-refractivity contribution is -0.190. The first kappa shape index (κ1) is 11.8. The Bertz CT molecular complexity index is 321. The molecule has 1 aliphatic heterocycles. The number of methoxy groups -OCH3 is 1. The Morgan fingerprint density at radius 2 is 2.07 bits per heavy atom. The quantitative estimate of drug-likeness (QED) is 0.485. The predicted molar refractivity (Wildman–Crippen MR) is 54.0 cm³/mol. The Balaban J connectivity index is 3.06. The van der Waals surface area contributed by atoms with Crippen LogP contribution in [0.5, 0.6) is 0 Å². The third-order valence-corrected chi connectivity index (χ3v) is 3.33. The van der Waals surface area contributed by atoms with Crippen LogP contribution in [0.25, 0.3) is 0 Å². The third kappa shape index (κ3) is 1.64. The van der Waals surface area contributed by atoms with Crippen LogP contribution >= 0.6 is 0 Å². The summed E-state index contributed by atoms with van der Waals surface area (Å²) in [6, 6.07) is 0. The average molecular weight is 212 g/mol. The molecule has 0 aliphatic carbocycles. The van der Waals surface area contributed by atoms with Crippen molar-refractivity contribution in [3.05, 3.63) is 12.2 Å². The van der Waals surface area contributed by atoms with Gasteiger partial charge in [0.15, 0.2) is 0 Å². The van der Waals surface area contributed by atoms with Crippen LogP contribution in [-0.4, -0.2) is 24.6 Å². The minimum Gasteiger partial charge on any atom is -0.466 e. The van der Waals surface area contributed by atoms with E-state index in [1.54, 1.807) is 6.92 Å². The van der Waals surface area contributed by atoms with E-state index in [0.717, 1.165) is 0 Å². The molecular formula is C11H16O4. The highest BCUT2D eigenvalue weighted by Crippen LogP contribution is 2.38. The Morgan fingerprint density at radius 1 is 1.53 bits per heavy atom. The molecule has 0 N–H and O–H groups in total. The van der Waals surface area contributed by atoms with Crippen molar-refractivity contribution in [1.29, 1.82) is 0 Å². The Morgan fingerprint density at radius 3 is 2.53 bits per heavy atom. The monoisotopic (exact) mass is 212 g/mol. The van der Waals surface area contributed by atoms with Gasteiger partial charge in [-0.2, -0.15) is 0 Å². The SMILES string of the molecule is C=C1C(=O)O[C@@](C)(C(=O)OC)[C@H](C)[C@H]1C. The van der Waals surface area contributed by atoms with Gasteiger partial charge in [-0.3, -0.25) is 0 Å². The molecular weight excluding hydrogens is 196 g/mol. The molecule has 1 heterocycles. The molecule has 0 amide bonds. The van der Waals surface area contributed by atoms with Crippen molar-refractivity contribution in [3.63, 3.8) is 0 Å². The van der Waals surface area contributed by atoms with E-state index in [1.807, 2.05) is 13.8 Å². The molecule has 1 aliphatic rings. The maximum absolute atomic E-state index is 11.6. The van der Waals surface area contributed by atoms with E-state index in [2.05, 4.69) is 11.3 Å². The smallest absolute Gasteiger partial charge is 0.350 e. The third-order valence-electron chi connectivity index (χ3n) is 3.33. The molecule has 0 unspecified atom stereocenters. The molecule has 1 rings (SSSR count). The van der Waals surface area contributed by atoms with Gasteiger partial charge in [0, 0.05) is 11.5 Å². The van der Waals surface area contributed by atoms with Crippen molar-refractivity contribution in [2.45, 2.75) is 26.4 Å². The lowest BCUT2D eigenvalue weighted by Crippen LogP contribution is -2.53. The topological polar surface area (TPSA) is 52.6 Å². The van der Waals surface area contributed by atoms with Gasteiger partial charge < -0.3 is 9.47 Å². The normalized spacial score (nSPS) is 36.0. The summed E-state index contributed by atoms with van der Waals surface area (Å²) in [5.74, 6) is -1.28. The summed E-state index contributed by atoms with van der Waals surface area (Å²) in [6.07, 6.45) is 0. The van der Waals surface area contributed by atoms with Crippen molar-refractivity contribution in [2.24, 2.45) is 11.8 Å². The standard InChI is InChI=1S/C11H16O4/c1-6-7(2)9(12)15-11(4,8(6)3)10(13)14-5/h6,8H,2H2,1,3-5H3/t6-,8+,11+/m0/s1. The van der Waals surface area contributed by atoms with Gasteiger partial charge in [-0.15, -0.1) is 0 Å². The van der Waals surface area contributed by atoms with Crippen LogP contribution in [0.1, 0.15) is 20.8 Å². The molecule has 0 aromatic rings. The van der Waals surface area contributed by atoms with Gasteiger partial charge in [0.1, 0.15) is 0 Å². The molecule has 1 fully saturated rings. The lowest BCUT2D eigenvalue weighted by atomic mass is 9.75.